The van der Waals surface area contributed by atoms with Gasteiger partial charge in [-0.1, -0.05) is 78.9 Å². The van der Waals surface area contributed by atoms with Gasteiger partial charge in [0.05, 0.1) is 6.42 Å². The quantitative estimate of drug-likeness (QED) is 0.617. The van der Waals surface area contributed by atoms with Crippen molar-refractivity contribution in [1.82, 2.24) is 5.32 Å². The average molecular weight is 381 g/mol. The van der Waals surface area contributed by atoms with Crippen LogP contribution in [-0.4, -0.2) is 16.4 Å². The van der Waals surface area contributed by atoms with Gasteiger partial charge in [0.2, 0.25) is 5.91 Å². The van der Waals surface area contributed by atoms with Crippen LogP contribution in [0.4, 0.5) is 0 Å². The van der Waals surface area contributed by atoms with Crippen molar-refractivity contribution in [3.63, 3.8) is 0 Å². The molecule has 0 spiro atoms. The van der Waals surface area contributed by atoms with Gasteiger partial charge in [0.25, 0.3) is 0 Å². The van der Waals surface area contributed by atoms with E-state index in [1.165, 1.54) is 10.8 Å². The van der Waals surface area contributed by atoms with Crippen LogP contribution in [-0.2, 0) is 11.2 Å². The molecule has 0 aliphatic heterocycles. The fourth-order valence-electron chi connectivity index (χ4n) is 2.26. The summed E-state index contributed by atoms with van der Waals surface area (Å²) in [7, 11) is 0. The summed E-state index contributed by atoms with van der Waals surface area (Å²) in [5.41, 5.74) is 1.09. The van der Waals surface area contributed by atoms with Crippen LogP contribution in [0.5, 0.6) is 0 Å². The Kier molecular flexibility index (Phi) is 5.40. The first-order valence-electron chi connectivity index (χ1n) is 6.93. The molecule has 0 aromatic heterocycles. The molecule has 1 unspecified atom stereocenters. The molecule has 0 heterocycles. The molecule has 3 heteroatoms. The standard InChI is InChI=1S/C17H20INO/c1-12(2)16(11-18)19-17(20)10-14-8-5-7-13-6-3-4-9-15(13)14/h3-9,12,16H,10-11H2,1-2H3,(H,19,20). The number of carbonyl (C=O) groups is 1. The van der Waals surface area contributed by atoms with E-state index in [9.17, 15) is 4.79 Å². The van der Waals surface area contributed by atoms with E-state index < -0.39 is 0 Å². The highest BCUT2D eigenvalue weighted by Crippen LogP contribution is 2.19. The van der Waals surface area contributed by atoms with E-state index in [1.807, 2.05) is 24.3 Å². The smallest absolute Gasteiger partial charge is 0.224 e. The lowest BCUT2D eigenvalue weighted by molar-refractivity contribution is -0.121. The molecule has 0 saturated carbocycles. The molecule has 2 aromatic carbocycles. The second-order valence-corrected chi connectivity index (χ2v) is 6.27. The van der Waals surface area contributed by atoms with E-state index in [0.29, 0.717) is 12.3 Å². The Bertz CT molecular complexity index is 589. The fraction of sp³-hybridized carbons (Fsp3) is 0.353. The zero-order valence-corrected chi connectivity index (χ0v) is 14.1. The molecular weight excluding hydrogens is 361 g/mol. The van der Waals surface area contributed by atoms with Crippen molar-refractivity contribution in [3.05, 3.63) is 48.0 Å². The summed E-state index contributed by atoms with van der Waals surface area (Å²) >= 11 is 2.33. The van der Waals surface area contributed by atoms with Gasteiger partial charge in [0, 0.05) is 10.5 Å². The van der Waals surface area contributed by atoms with Gasteiger partial charge in [0.1, 0.15) is 0 Å². The van der Waals surface area contributed by atoms with Crippen LogP contribution in [0.2, 0.25) is 0 Å². The summed E-state index contributed by atoms with van der Waals surface area (Å²) in [6, 6.07) is 14.6. The van der Waals surface area contributed by atoms with Crippen LogP contribution >= 0.6 is 22.6 Å². The topological polar surface area (TPSA) is 29.1 Å². The second kappa shape index (κ2) is 7.07. The first-order chi connectivity index (χ1) is 9.61. The number of halogens is 1. The van der Waals surface area contributed by atoms with Crippen molar-refractivity contribution in [3.8, 4) is 0 Å². The predicted octanol–water partition coefficient (Wildman–Crippen LogP) is 3.96. The Balaban J connectivity index is 2.14. The Morgan fingerprint density at radius 1 is 1.15 bits per heavy atom. The fourth-order valence-corrected chi connectivity index (χ4v) is 3.50. The zero-order valence-electron chi connectivity index (χ0n) is 11.9. The van der Waals surface area contributed by atoms with Crippen LogP contribution in [0.1, 0.15) is 19.4 Å². The highest BCUT2D eigenvalue weighted by molar-refractivity contribution is 14.1. The van der Waals surface area contributed by atoms with E-state index in [2.05, 4.69) is 60.0 Å². The van der Waals surface area contributed by atoms with Gasteiger partial charge in [-0.2, -0.15) is 0 Å². The van der Waals surface area contributed by atoms with Crippen LogP contribution in [0.15, 0.2) is 42.5 Å². The maximum atomic E-state index is 12.2. The third kappa shape index (κ3) is 3.72. The number of rotatable bonds is 5. The minimum atomic E-state index is 0.108. The zero-order chi connectivity index (χ0) is 14.5. The Hall–Kier alpha value is -1.10. The number of hydrogen-bond acceptors (Lipinski definition) is 1. The molecule has 106 valence electrons. The lowest BCUT2D eigenvalue weighted by Gasteiger charge is -2.20. The number of nitrogens with one attached hydrogen (secondary N) is 1. The van der Waals surface area contributed by atoms with Crippen molar-refractivity contribution in [2.75, 3.05) is 4.43 Å². The molecule has 2 rings (SSSR count). The van der Waals surface area contributed by atoms with Gasteiger partial charge in [-0.3, -0.25) is 4.79 Å². The summed E-state index contributed by atoms with van der Waals surface area (Å²) in [5.74, 6) is 0.570. The number of fused-ring (bicyclic) bond motifs is 1. The van der Waals surface area contributed by atoms with Crippen LogP contribution < -0.4 is 5.32 Å². The molecule has 20 heavy (non-hydrogen) atoms. The molecule has 0 fully saturated rings. The monoisotopic (exact) mass is 381 g/mol. The van der Waals surface area contributed by atoms with Crippen LogP contribution in [0.25, 0.3) is 10.8 Å². The SMILES string of the molecule is CC(C)C(CI)NC(=O)Cc1cccc2ccccc12. The first kappa shape index (κ1) is 15.3. The molecule has 1 N–H and O–H groups in total. The van der Waals surface area contributed by atoms with Crippen molar-refractivity contribution < 1.29 is 4.79 Å². The molecule has 1 amide bonds. The molecule has 2 aromatic rings. The van der Waals surface area contributed by atoms with Crippen molar-refractivity contribution in [2.45, 2.75) is 26.3 Å². The van der Waals surface area contributed by atoms with Gasteiger partial charge >= 0.3 is 0 Å². The van der Waals surface area contributed by atoms with Crippen molar-refractivity contribution in [2.24, 2.45) is 5.92 Å². The largest absolute Gasteiger partial charge is 0.352 e. The van der Waals surface area contributed by atoms with Gasteiger partial charge in [-0.05, 0) is 22.3 Å². The van der Waals surface area contributed by atoms with E-state index in [0.717, 1.165) is 9.99 Å². The molecule has 1 atom stereocenters. The Morgan fingerprint density at radius 2 is 1.85 bits per heavy atom. The minimum Gasteiger partial charge on any atom is -0.352 e. The van der Waals surface area contributed by atoms with Crippen molar-refractivity contribution >= 4 is 39.3 Å². The second-order valence-electron chi connectivity index (χ2n) is 5.39. The van der Waals surface area contributed by atoms with E-state index in [1.54, 1.807) is 0 Å². The summed E-state index contributed by atoms with van der Waals surface area (Å²) in [6.07, 6.45) is 0.446. The number of benzene rings is 2. The molecule has 0 aliphatic rings. The Labute approximate surface area is 134 Å². The summed E-state index contributed by atoms with van der Waals surface area (Å²) in [4.78, 5) is 12.2. The first-order valence-corrected chi connectivity index (χ1v) is 8.46. The van der Waals surface area contributed by atoms with E-state index >= 15 is 0 Å². The molecule has 2 nitrogen and oxygen atoms in total. The van der Waals surface area contributed by atoms with Gasteiger partial charge in [-0.25, -0.2) is 0 Å². The average Bonchev–Trinajstić information content (AvgIpc) is 2.45. The number of hydrogen-bond donors (Lipinski definition) is 1. The lowest BCUT2D eigenvalue weighted by atomic mass is 10.0. The van der Waals surface area contributed by atoms with Crippen molar-refractivity contribution in [1.29, 1.82) is 0 Å². The maximum absolute atomic E-state index is 12.2. The van der Waals surface area contributed by atoms with Crippen LogP contribution in [0, 0.1) is 5.92 Å². The Morgan fingerprint density at radius 3 is 2.55 bits per heavy atom. The molecular formula is C17H20INO. The summed E-state index contributed by atoms with van der Waals surface area (Å²) in [6.45, 7) is 4.28. The van der Waals surface area contributed by atoms with E-state index in [-0.39, 0.29) is 11.9 Å². The molecule has 0 radical (unpaired) electrons. The third-order valence-corrected chi connectivity index (χ3v) is 4.50. The van der Waals surface area contributed by atoms with Gasteiger partial charge < -0.3 is 5.32 Å². The van der Waals surface area contributed by atoms with Gasteiger partial charge in [0.15, 0.2) is 0 Å². The van der Waals surface area contributed by atoms with Gasteiger partial charge in [-0.15, -0.1) is 0 Å². The number of carbonyl (C=O) groups excluding carboxylic acids is 1. The molecule has 0 aliphatic carbocycles. The molecule has 0 saturated heterocycles. The summed E-state index contributed by atoms with van der Waals surface area (Å²) < 4.78 is 0.941. The lowest BCUT2D eigenvalue weighted by Crippen LogP contribution is -2.40. The number of alkyl halides is 1. The third-order valence-electron chi connectivity index (χ3n) is 3.55. The minimum absolute atomic E-state index is 0.108. The molecule has 0 bridgehead atoms. The van der Waals surface area contributed by atoms with E-state index in [4.69, 9.17) is 0 Å². The maximum Gasteiger partial charge on any atom is 0.224 e. The highest BCUT2D eigenvalue weighted by atomic mass is 127. The summed E-state index contributed by atoms with van der Waals surface area (Å²) in [5, 5.41) is 5.49. The highest BCUT2D eigenvalue weighted by Gasteiger charge is 2.15. The predicted molar refractivity (Wildman–Crippen MR) is 93.3 cm³/mol. The normalized spacial score (nSPS) is 12.6. The number of amides is 1. The van der Waals surface area contributed by atoms with Crippen LogP contribution in [0.3, 0.4) is 0 Å².